The lowest BCUT2D eigenvalue weighted by atomic mass is 9.70. The van der Waals surface area contributed by atoms with E-state index in [4.69, 9.17) is 6.42 Å². The fourth-order valence-corrected chi connectivity index (χ4v) is 1.67. The number of ketones is 1. The summed E-state index contributed by atoms with van der Waals surface area (Å²) in [5.74, 6) is 2.57. The van der Waals surface area contributed by atoms with Crippen molar-refractivity contribution in [2.24, 2.45) is 5.41 Å². The minimum atomic E-state index is -0.674. The smallest absolute Gasteiger partial charge is 0.142 e. The molecule has 1 aliphatic carbocycles. The second-order valence-corrected chi connectivity index (χ2v) is 3.63. The van der Waals surface area contributed by atoms with Crippen molar-refractivity contribution in [2.75, 3.05) is 0 Å². The summed E-state index contributed by atoms with van der Waals surface area (Å²) >= 11 is 0. The molecule has 0 saturated heterocycles. The summed E-state index contributed by atoms with van der Waals surface area (Å²) in [4.78, 5) is 11.5. The molecule has 0 aromatic rings. The minimum absolute atomic E-state index is 0.110. The molecule has 1 aliphatic rings. The van der Waals surface area contributed by atoms with E-state index in [0.717, 1.165) is 6.42 Å². The molecule has 66 valence electrons. The Labute approximate surface area is 73.0 Å². The zero-order valence-corrected chi connectivity index (χ0v) is 7.34. The van der Waals surface area contributed by atoms with Crippen molar-refractivity contribution in [3.8, 4) is 12.3 Å². The predicted molar refractivity (Wildman–Crippen MR) is 46.4 cm³/mol. The molecule has 0 heterocycles. The Kier molecular flexibility index (Phi) is 2.54. The highest BCUT2D eigenvalue weighted by atomic mass is 16.3. The molecular formula is C10H14O2. The number of aliphatic hydroxyl groups excluding tert-OH is 1. The van der Waals surface area contributed by atoms with Gasteiger partial charge in [0, 0.05) is 12.8 Å². The van der Waals surface area contributed by atoms with Crippen LogP contribution in [0, 0.1) is 17.8 Å². The molecular weight excluding hydrogens is 152 g/mol. The first-order valence-corrected chi connectivity index (χ1v) is 4.26. The Morgan fingerprint density at radius 1 is 1.83 bits per heavy atom. The Hall–Kier alpha value is -0.810. The zero-order chi connectivity index (χ0) is 9.19. The molecule has 0 aromatic heterocycles. The van der Waals surface area contributed by atoms with Gasteiger partial charge in [-0.05, 0) is 19.8 Å². The first-order chi connectivity index (χ1) is 5.61. The van der Waals surface area contributed by atoms with Crippen molar-refractivity contribution in [1.29, 1.82) is 0 Å². The van der Waals surface area contributed by atoms with Gasteiger partial charge in [0.15, 0.2) is 0 Å². The quantitative estimate of drug-likeness (QED) is 0.593. The number of carbonyl (C=O) groups excluding carboxylic acids is 1. The molecule has 1 fully saturated rings. The molecule has 0 aromatic carbocycles. The number of rotatable bonds is 1. The van der Waals surface area contributed by atoms with Gasteiger partial charge in [0.2, 0.25) is 0 Å². The highest BCUT2D eigenvalue weighted by molar-refractivity contribution is 5.86. The maximum atomic E-state index is 11.5. The monoisotopic (exact) mass is 166 g/mol. The van der Waals surface area contributed by atoms with Crippen molar-refractivity contribution >= 4 is 5.78 Å². The molecule has 0 amide bonds. The third-order valence-electron chi connectivity index (χ3n) is 2.72. The van der Waals surface area contributed by atoms with Crippen LogP contribution in [0.15, 0.2) is 0 Å². The van der Waals surface area contributed by atoms with E-state index in [1.807, 2.05) is 0 Å². The molecule has 2 nitrogen and oxygen atoms in total. The second kappa shape index (κ2) is 3.28. The number of terminal acetylenes is 1. The van der Waals surface area contributed by atoms with Crippen LogP contribution in [0.5, 0.6) is 0 Å². The molecule has 0 spiro atoms. The lowest BCUT2D eigenvalue weighted by Gasteiger charge is -2.35. The first kappa shape index (κ1) is 9.28. The van der Waals surface area contributed by atoms with Crippen LogP contribution in [-0.4, -0.2) is 17.0 Å². The molecule has 1 N–H and O–H groups in total. The van der Waals surface area contributed by atoms with Crippen LogP contribution < -0.4 is 0 Å². The van der Waals surface area contributed by atoms with E-state index in [1.165, 1.54) is 0 Å². The Balaban J connectivity index is 2.81. The summed E-state index contributed by atoms with van der Waals surface area (Å²) in [5, 5.41) is 9.61. The minimum Gasteiger partial charge on any atom is -0.392 e. The number of Topliss-reactive ketones (excluding diaryl/α,β-unsaturated/α-hetero) is 1. The van der Waals surface area contributed by atoms with Crippen LogP contribution >= 0.6 is 0 Å². The molecule has 1 rings (SSSR count). The van der Waals surface area contributed by atoms with E-state index in [0.29, 0.717) is 19.3 Å². The molecule has 2 heteroatoms. The number of hydrogen-bond donors (Lipinski definition) is 1. The van der Waals surface area contributed by atoms with Gasteiger partial charge in [-0.2, -0.15) is 0 Å². The predicted octanol–water partition coefficient (Wildman–Crippen LogP) is 1.13. The third kappa shape index (κ3) is 1.37. The standard InChI is InChI=1S/C10H14O2/c1-3-7-10(2)8(11)5-4-6-9(10)12/h1,8,11H,4-7H2,2H3/t8-,10+/m1/s1. The van der Waals surface area contributed by atoms with Crippen molar-refractivity contribution in [1.82, 2.24) is 0 Å². The van der Waals surface area contributed by atoms with Crippen molar-refractivity contribution in [2.45, 2.75) is 38.7 Å². The molecule has 0 aliphatic heterocycles. The number of aliphatic hydroxyl groups is 1. The van der Waals surface area contributed by atoms with E-state index >= 15 is 0 Å². The average molecular weight is 166 g/mol. The molecule has 12 heavy (non-hydrogen) atoms. The summed E-state index contributed by atoms with van der Waals surface area (Å²) in [7, 11) is 0. The molecule has 2 atom stereocenters. The van der Waals surface area contributed by atoms with E-state index < -0.39 is 11.5 Å². The van der Waals surface area contributed by atoms with Gasteiger partial charge in [-0.15, -0.1) is 12.3 Å². The van der Waals surface area contributed by atoms with Crippen molar-refractivity contribution in [3.05, 3.63) is 0 Å². The topological polar surface area (TPSA) is 37.3 Å². The Morgan fingerprint density at radius 2 is 2.50 bits per heavy atom. The summed E-state index contributed by atoms with van der Waals surface area (Å²) in [6.07, 6.45) is 7.02. The number of hydrogen-bond acceptors (Lipinski definition) is 2. The van der Waals surface area contributed by atoms with Crippen LogP contribution in [0.25, 0.3) is 0 Å². The third-order valence-corrected chi connectivity index (χ3v) is 2.72. The summed E-state index contributed by atoms with van der Waals surface area (Å²) in [6.45, 7) is 1.76. The van der Waals surface area contributed by atoms with Crippen molar-refractivity contribution < 1.29 is 9.90 Å². The molecule has 0 radical (unpaired) electrons. The van der Waals surface area contributed by atoms with Crippen LogP contribution in [0.3, 0.4) is 0 Å². The van der Waals surface area contributed by atoms with Gasteiger partial charge in [0.05, 0.1) is 11.5 Å². The molecule has 0 unspecified atom stereocenters. The lowest BCUT2D eigenvalue weighted by Crippen LogP contribution is -2.42. The second-order valence-electron chi connectivity index (χ2n) is 3.63. The van der Waals surface area contributed by atoms with Crippen LogP contribution in [0.2, 0.25) is 0 Å². The van der Waals surface area contributed by atoms with Gasteiger partial charge >= 0.3 is 0 Å². The Morgan fingerprint density at radius 3 is 3.00 bits per heavy atom. The Bertz CT molecular complexity index is 226. The van der Waals surface area contributed by atoms with Crippen LogP contribution in [-0.2, 0) is 4.79 Å². The largest absolute Gasteiger partial charge is 0.392 e. The van der Waals surface area contributed by atoms with Gasteiger partial charge in [-0.3, -0.25) is 4.79 Å². The highest BCUT2D eigenvalue weighted by Crippen LogP contribution is 2.35. The van der Waals surface area contributed by atoms with E-state index in [2.05, 4.69) is 5.92 Å². The van der Waals surface area contributed by atoms with Crippen LogP contribution in [0.4, 0.5) is 0 Å². The SMILES string of the molecule is C#CC[C@]1(C)C(=O)CCC[C@H]1O. The summed E-state index contributed by atoms with van der Waals surface area (Å²) in [6, 6.07) is 0. The van der Waals surface area contributed by atoms with Gasteiger partial charge in [-0.1, -0.05) is 0 Å². The van der Waals surface area contributed by atoms with Gasteiger partial charge in [0.25, 0.3) is 0 Å². The van der Waals surface area contributed by atoms with Gasteiger partial charge in [-0.25, -0.2) is 0 Å². The lowest BCUT2D eigenvalue weighted by molar-refractivity contribution is -0.138. The maximum Gasteiger partial charge on any atom is 0.142 e. The average Bonchev–Trinajstić information content (AvgIpc) is 2.02. The first-order valence-electron chi connectivity index (χ1n) is 4.26. The summed E-state index contributed by atoms with van der Waals surface area (Å²) in [5.41, 5.74) is -0.674. The van der Waals surface area contributed by atoms with E-state index in [1.54, 1.807) is 6.92 Å². The van der Waals surface area contributed by atoms with E-state index in [-0.39, 0.29) is 5.78 Å². The molecule has 0 bridgehead atoms. The normalized spacial score (nSPS) is 36.1. The zero-order valence-electron chi connectivity index (χ0n) is 7.34. The maximum absolute atomic E-state index is 11.5. The van der Waals surface area contributed by atoms with Gasteiger partial charge in [0.1, 0.15) is 5.78 Å². The van der Waals surface area contributed by atoms with Crippen molar-refractivity contribution in [3.63, 3.8) is 0 Å². The fourth-order valence-electron chi connectivity index (χ4n) is 1.67. The fraction of sp³-hybridized carbons (Fsp3) is 0.700. The number of carbonyl (C=O) groups is 1. The van der Waals surface area contributed by atoms with E-state index in [9.17, 15) is 9.90 Å². The molecule has 1 saturated carbocycles. The summed E-state index contributed by atoms with van der Waals surface area (Å²) < 4.78 is 0. The van der Waals surface area contributed by atoms with Crippen LogP contribution in [0.1, 0.15) is 32.6 Å². The van der Waals surface area contributed by atoms with Gasteiger partial charge < -0.3 is 5.11 Å². The highest BCUT2D eigenvalue weighted by Gasteiger charge is 2.41.